The van der Waals surface area contributed by atoms with Crippen molar-refractivity contribution in [2.45, 2.75) is 19.9 Å². The molecule has 26 heavy (non-hydrogen) atoms. The molecule has 0 fully saturated rings. The molecule has 3 nitrogen and oxygen atoms in total. The first-order valence-electron chi connectivity index (χ1n) is 8.69. The van der Waals surface area contributed by atoms with Crippen molar-refractivity contribution in [3.63, 3.8) is 0 Å². The van der Waals surface area contributed by atoms with Gasteiger partial charge in [0, 0.05) is 51.8 Å². The van der Waals surface area contributed by atoms with Crippen molar-refractivity contribution in [1.82, 2.24) is 9.88 Å². The molecule has 5 heteroatoms. The Morgan fingerprint density at radius 1 is 1.19 bits per heavy atom. The standard InChI is InChI=1S/C21H17FN2OS/c1-12-19-15(22)6-4-8-18(19)26-20(12)21(25)24-10-9-17-14(11-24)13-5-2-3-7-16(13)23-17/h2-8,23H,9-11H2,1H3. The van der Waals surface area contributed by atoms with Gasteiger partial charge in [0.2, 0.25) is 0 Å². The number of hydrogen-bond acceptors (Lipinski definition) is 2. The lowest BCUT2D eigenvalue weighted by molar-refractivity contribution is 0.0739. The number of fused-ring (bicyclic) bond motifs is 4. The van der Waals surface area contributed by atoms with Gasteiger partial charge in [0.1, 0.15) is 5.82 Å². The highest BCUT2D eigenvalue weighted by molar-refractivity contribution is 7.21. The van der Waals surface area contributed by atoms with Gasteiger partial charge < -0.3 is 9.88 Å². The van der Waals surface area contributed by atoms with E-state index in [2.05, 4.69) is 17.1 Å². The van der Waals surface area contributed by atoms with Crippen molar-refractivity contribution in [3.8, 4) is 0 Å². The first-order valence-corrected chi connectivity index (χ1v) is 9.50. The second-order valence-electron chi connectivity index (χ2n) is 6.77. The molecule has 0 unspecified atom stereocenters. The number of aromatic nitrogens is 1. The average Bonchev–Trinajstić information content (AvgIpc) is 3.19. The summed E-state index contributed by atoms with van der Waals surface area (Å²) in [6, 6.07) is 13.2. The van der Waals surface area contributed by atoms with Crippen LogP contribution in [0.25, 0.3) is 21.0 Å². The van der Waals surface area contributed by atoms with Crippen molar-refractivity contribution in [1.29, 1.82) is 0 Å². The summed E-state index contributed by atoms with van der Waals surface area (Å²) in [6.07, 6.45) is 0.814. The number of amides is 1. The van der Waals surface area contributed by atoms with E-state index in [0.29, 0.717) is 23.4 Å². The molecular formula is C21H17FN2OS. The first kappa shape index (κ1) is 15.6. The van der Waals surface area contributed by atoms with Crippen LogP contribution in [0.4, 0.5) is 4.39 Å². The maximum Gasteiger partial charge on any atom is 0.264 e. The van der Waals surface area contributed by atoms with Crippen molar-refractivity contribution >= 4 is 38.2 Å². The van der Waals surface area contributed by atoms with Crippen LogP contribution in [0, 0.1) is 12.7 Å². The second-order valence-corrected chi connectivity index (χ2v) is 7.83. The number of para-hydroxylation sites is 1. The third kappa shape index (κ3) is 2.20. The van der Waals surface area contributed by atoms with Gasteiger partial charge in [0.05, 0.1) is 4.88 Å². The minimum absolute atomic E-state index is 0.000897. The first-order chi connectivity index (χ1) is 12.6. The van der Waals surface area contributed by atoms with Crippen LogP contribution >= 0.6 is 11.3 Å². The number of H-pyrrole nitrogens is 1. The van der Waals surface area contributed by atoms with Crippen LogP contribution in [-0.2, 0) is 13.0 Å². The van der Waals surface area contributed by atoms with E-state index in [4.69, 9.17) is 0 Å². The fourth-order valence-electron chi connectivity index (χ4n) is 3.94. The van der Waals surface area contributed by atoms with E-state index in [1.807, 2.05) is 30.0 Å². The Morgan fingerprint density at radius 3 is 2.88 bits per heavy atom. The molecule has 0 saturated carbocycles. The van der Waals surface area contributed by atoms with Crippen LogP contribution in [0.5, 0.6) is 0 Å². The van der Waals surface area contributed by atoms with Crippen molar-refractivity contribution < 1.29 is 9.18 Å². The van der Waals surface area contributed by atoms with Gasteiger partial charge in [-0.1, -0.05) is 24.3 Å². The molecule has 1 aliphatic heterocycles. The van der Waals surface area contributed by atoms with E-state index in [0.717, 1.165) is 22.2 Å². The number of benzene rings is 2. The molecule has 0 saturated heterocycles. The van der Waals surface area contributed by atoms with Gasteiger partial charge in [-0.15, -0.1) is 11.3 Å². The highest BCUT2D eigenvalue weighted by atomic mass is 32.1. The quantitative estimate of drug-likeness (QED) is 0.505. The molecule has 0 aliphatic carbocycles. The van der Waals surface area contributed by atoms with Crippen LogP contribution in [0.1, 0.15) is 26.5 Å². The molecule has 1 amide bonds. The predicted octanol–water partition coefficient (Wildman–Crippen LogP) is 5.03. The lowest BCUT2D eigenvalue weighted by Crippen LogP contribution is -2.35. The zero-order chi connectivity index (χ0) is 17.8. The minimum atomic E-state index is -0.257. The summed E-state index contributed by atoms with van der Waals surface area (Å²) in [5, 5.41) is 1.75. The topological polar surface area (TPSA) is 36.1 Å². The van der Waals surface area contributed by atoms with Gasteiger partial charge in [0.15, 0.2) is 0 Å². The summed E-state index contributed by atoms with van der Waals surface area (Å²) in [6.45, 7) is 3.11. The van der Waals surface area contributed by atoms with Gasteiger partial charge >= 0.3 is 0 Å². The number of aromatic amines is 1. The molecule has 1 N–H and O–H groups in total. The molecule has 3 heterocycles. The van der Waals surface area contributed by atoms with Crippen LogP contribution < -0.4 is 0 Å². The highest BCUT2D eigenvalue weighted by Gasteiger charge is 2.27. The number of carbonyl (C=O) groups excluding carboxylic acids is 1. The van der Waals surface area contributed by atoms with Gasteiger partial charge in [-0.05, 0) is 30.7 Å². The summed E-state index contributed by atoms with van der Waals surface area (Å²) < 4.78 is 15.0. The van der Waals surface area contributed by atoms with E-state index in [1.165, 1.54) is 34.0 Å². The van der Waals surface area contributed by atoms with E-state index in [-0.39, 0.29) is 11.7 Å². The third-order valence-electron chi connectivity index (χ3n) is 5.27. The van der Waals surface area contributed by atoms with Crippen molar-refractivity contribution in [2.75, 3.05) is 6.54 Å². The number of halogens is 1. The average molecular weight is 364 g/mol. The zero-order valence-corrected chi connectivity index (χ0v) is 15.1. The molecule has 1 aliphatic rings. The summed E-state index contributed by atoms with van der Waals surface area (Å²) >= 11 is 1.39. The Kier molecular flexibility index (Phi) is 3.40. The molecular weight excluding hydrogens is 347 g/mol. The fraction of sp³-hybridized carbons (Fsp3) is 0.190. The van der Waals surface area contributed by atoms with Gasteiger partial charge in [-0.2, -0.15) is 0 Å². The van der Waals surface area contributed by atoms with Gasteiger partial charge in [-0.25, -0.2) is 4.39 Å². The van der Waals surface area contributed by atoms with Crippen LogP contribution in [0.3, 0.4) is 0 Å². The Labute approximate surface area is 154 Å². The Hall–Kier alpha value is -2.66. The Balaban J connectivity index is 1.54. The summed E-state index contributed by atoms with van der Waals surface area (Å²) in [7, 11) is 0. The van der Waals surface area contributed by atoms with E-state index in [1.54, 1.807) is 6.07 Å². The maximum atomic E-state index is 14.2. The molecule has 0 spiro atoms. The minimum Gasteiger partial charge on any atom is -0.358 e. The van der Waals surface area contributed by atoms with Gasteiger partial charge in [0.25, 0.3) is 5.91 Å². The van der Waals surface area contributed by atoms with Crippen LogP contribution in [0.15, 0.2) is 42.5 Å². The lowest BCUT2D eigenvalue weighted by Gasteiger charge is -2.27. The molecule has 5 rings (SSSR count). The van der Waals surface area contributed by atoms with E-state index < -0.39 is 0 Å². The predicted molar refractivity (Wildman–Crippen MR) is 103 cm³/mol. The second kappa shape index (κ2) is 5.68. The smallest absolute Gasteiger partial charge is 0.264 e. The molecule has 4 aromatic rings. The van der Waals surface area contributed by atoms with E-state index >= 15 is 0 Å². The summed E-state index contributed by atoms with van der Waals surface area (Å²) in [5.74, 6) is -0.258. The maximum absolute atomic E-state index is 14.2. The van der Waals surface area contributed by atoms with E-state index in [9.17, 15) is 9.18 Å². The molecule has 0 bridgehead atoms. The summed E-state index contributed by atoms with van der Waals surface area (Å²) in [4.78, 5) is 19.2. The number of nitrogens with one attached hydrogen (secondary N) is 1. The molecule has 0 radical (unpaired) electrons. The number of thiophene rings is 1. The third-order valence-corrected chi connectivity index (χ3v) is 6.51. The number of aryl methyl sites for hydroxylation is 1. The summed E-state index contributed by atoms with van der Waals surface area (Å²) in [5.41, 5.74) is 4.28. The molecule has 0 atom stereocenters. The van der Waals surface area contributed by atoms with Crippen LogP contribution in [0.2, 0.25) is 0 Å². The number of hydrogen-bond donors (Lipinski definition) is 1. The largest absolute Gasteiger partial charge is 0.358 e. The molecule has 2 aromatic heterocycles. The number of nitrogens with zero attached hydrogens (tertiary/aromatic N) is 1. The Morgan fingerprint density at radius 2 is 2.04 bits per heavy atom. The fourth-order valence-corrected chi connectivity index (χ4v) is 5.13. The van der Waals surface area contributed by atoms with Crippen molar-refractivity contribution in [2.24, 2.45) is 0 Å². The SMILES string of the molecule is Cc1c(C(=O)N2CCc3[nH]c4ccccc4c3C2)sc2cccc(F)c12. The highest BCUT2D eigenvalue weighted by Crippen LogP contribution is 2.35. The molecule has 2 aromatic carbocycles. The zero-order valence-electron chi connectivity index (χ0n) is 14.3. The number of rotatable bonds is 1. The normalized spacial score (nSPS) is 14.2. The molecule has 130 valence electrons. The number of carbonyl (C=O) groups is 1. The van der Waals surface area contributed by atoms with Crippen LogP contribution in [-0.4, -0.2) is 22.3 Å². The Bertz CT molecular complexity index is 1170. The van der Waals surface area contributed by atoms with Gasteiger partial charge in [-0.3, -0.25) is 4.79 Å². The lowest BCUT2D eigenvalue weighted by atomic mass is 10.0. The van der Waals surface area contributed by atoms with Crippen molar-refractivity contribution in [3.05, 3.63) is 70.0 Å². The monoisotopic (exact) mass is 364 g/mol.